The lowest BCUT2D eigenvalue weighted by Crippen LogP contribution is -2.39. The summed E-state index contributed by atoms with van der Waals surface area (Å²) in [6, 6.07) is 4.50. The van der Waals surface area contributed by atoms with Crippen LogP contribution in [0.5, 0.6) is 0 Å². The maximum atomic E-state index is 12.5. The van der Waals surface area contributed by atoms with Crippen molar-refractivity contribution in [2.24, 2.45) is 5.41 Å². The van der Waals surface area contributed by atoms with E-state index in [1.54, 1.807) is 6.07 Å². The van der Waals surface area contributed by atoms with Gasteiger partial charge in [0, 0.05) is 6.04 Å². The molecule has 118 valence electrons. The Morgan fingerprint density at radius 3 is 2.52 bits per heavy atom. The highest BCUT2D eigenvalue weighted by Crippen LogP contribution is 2.35. The monoisotopic (exact) mass is 331 g/mol. The molecule has 1 aromatic carbocycles. The molecular formula is C15H22ClNO3S. The van der Waals surface area contributed by atoms with Crippen molar-refractivity contribution < 1.29 is 13.5 Å². The van der Waals surface area contributed by atoms with Gasteiger partial charge in [-0.05, 0) is 48.8 Å². The van der Waals surface area contributed by atoms with Gasteiger partial charge < -0.3 is 5.11 Å². The van der Waals surface area contributed by atoms with E-state index in [9.17, 15) is 8.42 Å². The van der Waals surface area contributed by atoms with Crippen molar-refractivity contribution in [2.75, 3.05) is 0 Å². The number of nitrogens with one attached hydrogen (secondary N) is 1. The molecule has 2 rings (SSSR count). The molecule has 0 atom stereocenters. The van der Waals surface area contributed by atoms with E-state index in [1.807, 2.05) is 0 Å². The minimum Gasteiger partial charge on any atom is -0.392 e. The number of rotatable bonds is 4. The molecule has 0 radical (unpaired) electrons. The standard InChI is InChI=1S/C15H22ClNO3S/c1-15(2)7-5-12(6-8-15)17-21(19,20)14-9-11(10-18)3-4-13(14)16/h3-4,9,12,17-18H,5-8,10H2,1-2H3. The fourth-order valence-corrected chi connectivity index (χ4v) is 4.51. The largest absolute Gasteiger partial charge is 0.392 e. The summed E-state index contributed by atoms with van der Waals surface area (Å²) in [5.74, 6) is 0. The lowest BCUT2D eigenvalue weighted by molar-refractivity contribution is 0.218. The number of halogens is 1. The van der Waals surface area contributed by atoms with Gasteiger partial charge in [-0.25, -0.2) is 13.1 Å². The summed E-state index contributed by atoms with van der Waals surface area (Å²) in [7, 11) is -3.65. The van der Waals surface area contributed by atoms with Gasteiger partial charge in [0.25, 0.3) is 0 Å². The van der Waals surface area contributed by atoms with Crippen LogP contribution in [0.2, 0.25) is 5.02 Å². The first-order valence-electron chi connectivity index (χ1n) is 7.15. The van der Waals surface area contributed by atoms with E-state index in [4.69, 9.17) is 16.7 Å². The molecule has 1 aliphatic carbocycles. The van der Waals surface area contributed by atoms with E-state index >= 15 is 0 Å². The molecule has 1 saturated carbocycles. The Bertz CT molecular complexity index is 603. The maximum Gasteiger partial charge on any atom is 0.242 e. The highest BCUT2D eigenvalue weighted by molar-refractivity contribution is 7.89. The van der Waals surface area contributed by atoms with E-state index in [2.05, 4.69) is 18.6 Å². The van der Waals surface area contributed by atoms with Gasteiger partial charge >= 0.3 is 0 Å². The van der Waals surface area contributed by atoms with Crippen LogP contribution in [0.15, 0.2) is 23.1 Å². The Balaban J connectivity index is 2.16. The van der Waals surface area contributed by atoms with Crippen molar-refractivity contribution in [1.82, 2.24) is 4.72 Å². The summed E-state index contributed by atoms with van der Waals surface area (Å²) < 4.78 is 27.7. The summed E-state index contributed by atoms with van der Waals surface area (Å²) in [4.78, 5) is 0.0422. The SMILES string of the molecule is CC1(C)CCC(NS(=O)(=O)c2cc(CO)ccc2Cl)CC1. The van der Waals surface area contributed by atoms with E-state index in [1.165, 1.54) is 12.1 Å². The van der Waals surface area contributed by atoms with Crippen LogP contribution in [0.25, 0.3) is 0 Å². The first kappa shape index (κ1) is 16.7. The van der Waals surface area contributed by atoms with Crippen molar-refractivity contribution in [2.45, 2.75) is 57.1 Å². The molecule has 6 heteroatoms. The van der Waals surface area contributed by atoms with Gasteiger partial charge in [-0.3, -0.25) is 0 Å². The topological polar surface area (TPSA) is 66.4 Å². The molecular weight excluding hydrogens is 310 g/mol. The van der Waals surface area contributed by atoms with Gasteiger partial charge in [-0.1, -0.05) is 31.5 Å². The zero-order valence-corrected chi connectivity index (χ0v) is 14.0. The maximum absolute atomic E-state index is 12.5. The average Bonchev–Trinajstić information content (AvgIpc) is 2.41. The van der Waals surface area contributed by atoms with Gasteiger partial charge in [-0.15, -0.1) is 0 Å². The third-order valence-corrected chi connectivity index (χ3v) is 6.13. The third kappa shape index (κ3) is 4.19. The molecule has 0 aromatic heterocycles. The number of aliphatic hydroxyl groups is 1. The van der Waals surface area contributed by atoms with Crippen LogP contribution in [-0.4, -0.2) is 19.6 Å². The lowest BCUT2D eigenvalue weighted by Gasteiger charge is -2.34. The summed E-state index contributed by atoms with van der Waals surface area (Å²) in [6.07, 6.45) is 3.68. The Hall–Kier alpha value is -0.620. The number of aliphatic hydroxyl groups excluding tert-OH is 1. The predicted molar refractivity (Wildman–Crippen MR) is 83.7 cm³/mol. The first-order chi connectivity index (χ1) is 9.73. The van der Waals surface area contributed by atoms with Crippen LogP contribution < -0.4 is 4.72 Å². The van der Waals surface area contributed by atoms with Gasteiger partial charge in [0.15, 0.2) is 0 Å². The summed E-state index contributed by atoms with van der Waals surface area (Å²) in [6.45, 7) is 4.20. The zero-order chi connectivity index (χ0) is 15.7. The Labute approximate surface area is 131 Å². The van der Waals surface area contributed by atoms with Gasteiger partial charge in [0.2, 0.25) is 10.0 Å². The minimum absolute atomic E-state index is 0.0422. The molecule has 2 N–H and O–H groups in total. The Kier molecular flexibility index (Phi) is 4.98. The van der Waals surface area contributed by atoms with Crippen molar-refractivity contribution in [3.8, 4) is 0 Å². The Morgan fingerprint density at radius 1 is 1.33 bits per heavy atom. The molecule has 1 aromatic rings. The van der Waals surface area contributed by atoms with Crippen molar-refractivity contribution in [3.63, 3.8) is 0 Å². The van der Waals surface area contributed by atoms with Gasteiger partial charge in [0.05, 0.1) is 11.6 Å². The Morgan fingerprint density at radius 2 is 1.95 bits per heavy atom. The van der Waals surface area contributed by atoms with Crippen molar-refractivity contribution in [1.29, 1.82) is 0 Å². The second-order valence-electron chi connectivity index (χ2n) is 6.48. The van der Waals surface area contributed by atoms with E-state index < -0.39 is 10.0 Å². The molecule has 21 heavy (non-hydrogen) atoms. The molecule has 0 bridgehead atoms. The summed E-state index contributed by atoms with van der Waals surface area (Å²) in [5.41, 5.74) is 0.820. The highest BCUT2D eigenvalue weighted by Gasteiger charge is 2.30. The number of hydrogen-bond donors (Lipinski definition) is 2. The summed E-state index contributed by atoms with van der Waals surface area (Å²) >= 11 is 6.00. The highest BCUT2D eigenvalue weighted by atomic mass is 35.5. The van der Waals surface area contributed by atoms with Gasteiger partial charge in [-0.2, -0.15) is 0 Å². The van der Waals surface area contributed by atoms with E-state index in [0.717, 1.165) is 25.7 Å². The van der Waals surface area contributed by atoms with Crippen molar-refractivity contribution >= 4 is 21.6 Å². The van der Waals surface area contributed by atoms with Crippen LogP contribution in [-0.2, 0) is 16.6 Å². The van der Waals surface area contributed by atoms with Crippen LogP contribution in [0.3, 0.4) is 0 Å². The van der Waals surface area contributed by atoms with Crippen molar-refractivity contribution in [3.05, 3.63) is 28.8 Å². The number of sulfonamides is 1. The third-order valence-electron chi connectivity index (χ3n) is 4.13. The molecule has 1 aliphatic rings. The molecule has 0 unspecified atom stereocenters. The second kappa shape index (κ2) is 6.24. The van der Waals surface area contributed by atoms with E-state index in [-0.39, 0.29) is 28.0 Å². The molecule has 0 amide bonds. The zero-order valence-electron chi connectivity index (χ0n) is 12.4. The summed E-state index contributed by atoms with van der Waals surface area (Å²) in [5, 5.41) is 9.32. The quantitative estimate of drug-likeness (QED) is 0.891. The van der Waals surface area contributed by atoms with E-state index in [0.29, 0.717) is 5.56 Å². The second-order valence-corrected chi connectivity index (χ2v) is 8.57. The van der Waals surface area contributed by atoms with Crippen LogP contribution in [0.4, 0.5) is 0 Å². The fourth-order valence-electron chi connectivity index (χ4n) is 2.65. The first-order valence-corrected chi connectivity index (χ1v) is 9.01. The normalized spacial score (nSPS) is 19.6. The molecule has 4 nitrogen and oxygen atoms in total. The molecule has 1 fully saturated rings. The minimum atomic E-state index is -3.65. The van der Waals surface area contributed by atoms with Crippen LogP contribution in [0, 0.1) is 5.41 Å². The number of benzene rings is 1. The molecule has 0 saturated heterocycles. The van der Waals surface area contributed by atoms with Gasteiger partial charge in [0.1, 0.15) is 4.90 Å². The smallest absolute Gasteiger partial charge is 0.242 e. The number of hydrogen-bond acceptors (Lipinski definition) is 3. The fraction of sp³-hybridized carbons (Fsp3) is 0.600. The molecule has 0 spiro atoms. The molecule has 0 heterocycles. The molecule has 0 aliphatic heterocycles. The predicted octanol–water partition coefficient (Wildman–Crippen LogP) is 3.08. The average molecular weight is 332 g/mol. The van der Waals surface area contributed by atoms with Crippen LogP contribution >= 0.6 is 11.6 Å². The lowest BCUT2D eigenvalue weighted by atomic mass is 9.76. The van der Waals surface area contributed by atoms with Crippen LogP contribution in [0.1, 0.15) is 45.1 Å².